The minimum absolute atomic E-state index is 0.295. The van der Waals surface area contributed by atoms with Crippen LogP contribution < -0.4 is 21.3 Å². The number of hydrogen-bond donors (Lipinski definition) is 5. The average Bonchev–Trinajstić information content (AvgIpc) is 3.71. The highest BCUT2D eigenvalue weighted by Crippen LogP contribution is 2.19. The van der Waals surface area contributed by atoms with E-state index in [1.54, 1.807) is 59.9 Å². The lowest BCUT2D eigenvalue weighted by molar-refractivity contribution is 0.0945. The van der Waals surface area contributed by atoms with Crippen molar-refractivity contribution in [1.82, 2.24) is 29.7 Å². The number of amidine groups is 1. The summed E-state index contributed by atoms with van der Waals surface area (Å²) >= 11 is 1.97. The van der Waals surface area contributed by atoms with Crippen LogP contribution in [0.15, 0.2) is 85.3 Å². The van der Waals surface area contributed by atoms with Gasteiger partial charge in [0.25, 0.3) is 17.7 Å². The van der Waals surface area contributed by atoms with E-state index < -0.39 is 0 Å². The molecule has 2 aromatic carbocycles. The molecule has 0 atom stereocenters. The maximum atomic E-state index is 13.2. The number of para-hydroxylation sites is 1. The number of aryl methyl sites for hydroxylation is 2. The molecule has 4 heterocycles. The Hall–Kier alpha value is -5.66. The lowest BCUT2D eigenvalue weighted by atomic mass is 10.1. The predicted octanol–water partition coefficient (Wildman–Crippen LogP) is 5.32. The molecule has 52 heavy (non-hydrogen) atoms. The van der Waals surface area contributed by atoms with Crippen LogP contribution in [-0.4, -0.2) is 86.8 Å². The van der Waals surface area contributed by atoms with Crippen LogP contribution in [0.4, 0.5) is 11.4 Å². The molecule has 0 aliphatic carbocycles. The SMILES string of the molecule is Cn1cc(NC(=O)c2cc(NC(=O)c3ccc(/C=C/c4cnc5ccccc5c4)cc3)cn2C)cc1C(=O)NCCC(=N)NCCN1CCSCC1. The molecule has 0 saturated carbocycles. The molecule has 5 aromatic rings. The molecular formula is C39H43N9O3S. The first kappa shape index (κ1) is 36.1. The number of carbonyl (C=O) groups excluding carboxylic acids is 3. The Kier molecular flexibility index (Phi) is 11.8. The fraction of sp³-hybridized carbons (Fsp3) is 0.256. The summed E-state index contributed by atoms with van der Waals surface area (Å²) in [5.74, 6) is 1.72. The molecule has 0 radical (unpaired) electrons. The average molecular weight is 718 g/mol. The Labute approximate surface area is 307 Å². The number of nitrogens with one attached hydrogen (secondary N) is 5. The Morgan fingerprint density at radius 3 is 2.17 bits per heavy atom. The van der Waals surface area contributed by atoms with E-state index in [0.29, 0.717) is 53.7 Å². The van der Waals surface area contributed by atoms with Gasteiger partial charge in [-0.15, -0.1) is 0 Å². The third-order valence-corrected chi connectivity index (χ3v) is 9.72. The van der Waals surface area contributed by atoms with E-state index in [1.807, 2.05) is 66.5 Å². The van der Waals surface area contributed by atoms with Gasteiger partial charge in [0.15, 0.2) is 0 Å². The third-order valence-electron chi connectivity index (χ3n) is 8.77. The summed E-state index contributed by atoms with van der Waals surface area (Å²) in [7, 11) is 3.45. The monoisotopic (exact) mass is 717 g/mol. The lowest BCUT2D eigenvalue weighted by Crippen LogP contribution is -2.39. The summed E-state index contributed by atoms with van der Waals surface area (Å²) in [5.41, 5.74) is 5.00. The Bertz CT molecular complexity index is 2100. The molecule has 0 spiro atoms. The molecule has 6 rings (SSSR count). The van der Waals surface area contributed by atoms with Crippen molar-refractivity contribution in [2.75, 3.05) is 54.9 Å². The van der Waals surface area contributed by atoms with Gasteiger partial charge in [-0.2, -0.15) is 11.8 Å². The minimum atomic E-state index is -0.388. The number of fused-ring (bicyclic) bond motifs is 1. The van der Waals surface area contributed by atoms with Gasteiger partial charge < -0.3 is 30.4 Å². The van der Waals surface area contributed by atoms with Crippen molar-refractivity contribution in [3.63, 3.8) is 0 Å². The normalized spacial score (nSPS) is 13.3. The Balaban J connectivity index is 0.966. The molecule has 0 unspecified atom stereocenters. The highest BCUT2D eigenvalue weighted by atomic mass is 32.2. The third kappa shape index (κ3) is 9.56. The number of nitrogens with zero attached hydrogens (tertiary/aromatic N) is 4. The van der Waals surface area contributed by atoms with Crippen molar-refractivity contribution < 1.29 is 14.4 Å². The number of anilines is 2. The molecule has 0 bridgehead atoms. The number of carbonyl (C=O) groups is 3. The van der Waals surface area contributed by atoms with Crippen LogP contribution in [0.5, 0.6) is 0 Å². The van der Waals surface area contributed by atoms with Gasteiger partial charge in [0.2, 0.25) is 0 Å². The first-order valence-electron chi connectivity index (χ1n) is 17.2. The van der Waals surface area contributed by atoms with E-state index in [0.717, 1.165) is 53.2 Å². The summed E-state index contributed by atoms with van der Waals surface area (Å²) in [5, 5.41) is 20.9. The molecule has 12 nitrogen and oxygen atoms in total. The van der Waals surface area contributed by atoms with E-state index in [4.69, 9.17) is 5.41 Å². The van der Waals surface area contributed by atoms with Crippen molar-refractivity contribution in [2.45, 2.75) is 6.42 Å². The molecule has 1 aliphatic rings. The maximum Gasteiger partial charge on any atom is 0.272 e. The predicted molar refractivity (Wildman–Crippen MR) is 210 cm³/mol. The Morgan fingerprint density at radius 2 is 1.44 bits per heavy atom. The van der Waals surface area contributed by atoms with Crippen molar-refractivity contribution in [3.8, 4) is 0 Å². The van der Waals surface area contributed by atoms with Gasteiger partial charge in [-0.3, -0.25) is 29.7 Å². The van der Waals surface area contributed by atoms with Crippen molar-refractivity contribution in [3.05, 3.63) is 113 Å². The number of thioether (sulfide) groups is 1. The van der Waals surface area contributed by atoms with E-state index in [9.17, 15) is 14.4 Å². The minimum Gasteiger partial charge on any atom is -0.373 e. The van der Waals surface area contributed by atoms with Gasteiger partial charge in [-0.05, 0) is 47.5 Å². The summed E-state index contributed by atoms with van der Waals surface area (Å²) in [6.07, 6.45) is 9.53. The number of hydrogen-bond acceptors (Lipinski definition) is 7. The van der Waals surface area contributed by atoms with E-state index in [-0.39, 0.29) is 17.7 Å². The van der Waals surface area contributed by atoms with Crippen molar-refractivity contribution in [1.29, 1.82) is 5.41 Å². The number of benzene rings is 2. The van der Waals surface area contributed by atoms with Crippen molar-refractivity contribution >= 4 is 69.7 Å². The van der Waals surface area contributed by atoms with E-state index in [1.165, 1.54) is 0 Å². The molecule has 268 valence electrons. The van der Waals surface area contributed by atoms with Crippen LogP contribution in [0, 0.1) is 5.41 Å². The fourth-order valence-electron chi connectivity index (χ4n) is 5.90. The smallest absolute Gasteiger partial charge is 0.272 e. The van der Waals surface area contributed by atoms with Gasteiger partial charge in [-0.1, -0.05) is 42.5 Å². The van der Waals surface area contributed by atoms with Crippen LogP contribution in [0.3, 0.4) is 0 Å². The zero-order chi connectivity index (χ0) is 36.5. The van der Waals surface area contributed by atoms with Crippen LogP contribution in [0.1, 0.15) is 48.9 Å². The topological polar surface area (TPSA) is 149 Å². The molecule has 1 saturated heterocycles. The number of amides is 3. The molecule has 3 amide bonds. The number of rotatable bonds is 13. The standard InChI is InChI=1S/C39H43N9O3S/c1-46-26-32(22-34(46)38(50)42-14-13-36(40)41-15-16-48-17-19-52-20-18-48)45-39(51)35-23-31(25-47(35)2)44-37(49)29-11-9-27(10-12-29)7-8-28-21-30-5-3-4-6-33(30)43-24-28/h3-12,21-26H,13-20H2,1-2H3,(H2,40,41)(H,42,50)(H,44,49)(H,45,51)/b8-7+. The molecule has 13 heteroatoms. The van der Waals surface area contributed by atoms with Gasteiger partial charge in [0.1, 0.15) is 11.4 Å². The second-order valence-corrected chi connectivity index (χ2v) is 13.9. The summed E-state index contributed by atoms with van der Waals surface area (Å²) in [4.78, 5) is 46.0. The second-order valence-electron chi connectivity index (χ2n) is 12.6. The van der Waals surface area contributed by atoms with Crippen LogP contribution in [-0.2, 0) is 14.1 Å². The molecule has 3 aromatic heterocycles. The summed E-state index contributed by atoms with van der Waals surface area (Å²) < 4.78 is 3.27. The summed E-state index contributed by atoms with van der Waals surface area (Å²) in [6.45, 7) is 4.11. The Morgan fingerprint density at radius 1 is 0.788 bits per heavy atom. The number of pyridine rings is 1. The zero-order valence-corrected chi connectivity index (χ0v) is 30.1. The van der Waals surface area contributed by atoms with Gasteiger partial charge in [-0.25, -0.2) is 0 Å². The van der Waals surface area contributed by atoms with E-state index >= 15 is 0 Å². The van der Waals surface area contributed by atoms with Crippen LogP contribution in [0.25, 0.3) is 23.1 Å². The highest BCUT2D eigenvalue weighted by molar-refractivity contribution is 7.99. The quantitative estimate of drug-likeness (QED) is 0.0818. The first-order chi connectivity index (χ1) is 25.2. The second kappa shape index (κ2) is 17.0. The molecule has 5 N–H and O–H groups in total. The van der Waals surface area contributed by atoms with Crippen molar-refractivity contribution in [2.24, 2.45) is 14.1 Å². The van der Waals surface area contributed by atoms with Gasteiger partial charge in [0.05, 0.1) is 22.7 Å². The van der Waals surface area contributed by atoms with Gasteiger partial charge in [0, 0.05) is 94.3 Å². The maximum absolute atomic E-state index is 13.2. The molecule has 1 aliphatic heterocycles. The zero-order valence-electron chi connectivity index (χ0n) is 29.3. The summed E-state index contributed by atoms with van der Waals surface area (Å²) in [6, 6.07) is 20.5. The van der Waals surface area contributed by atoms with E-state index in [2.05, 4.69) is 37.2 Å². The largest absolute Gasteiger partial charge is 0.373 e. The number of aromatic nitrogens is 3. The van der Waals surface area contributed by atoms with Gasteiger partial charge >= 0.3 is 0 Å². The first-order valence-corrected chi connectivity index (χ1v) is 18.4. The molecule has 1 fully saturated rings. The van der Waals surface area contributed by atoms with Crippen LogP contribution in [0.2, 0.25) is 0 Å². The fourth-order valence-corrected chi connectivity index (χ4v) is 6.88. The highest BCUT2D eigenvalue weighted by Gasteiger charge is 2.18. The van der Waals surface area contributed by atoms with Crippen LogP contribution >= 0.6 is 11.8 Å². The lowest BCUT2D eigenvalue weighted by Gasteiger charge is -2.26. The molecular weight excluding hydrogens is 675 g/mol.